The van der Waals surface area contributed by atoms with Gasteiger partial charge in [-0.2, -0.15) is 0 Å². The van der Waals surface area contributed by atoms with Crippen molar-refractivity contribution < 1.29 is 9.47 Å². The Bertz CT molecular complexity index is 821. The minimum absolute atomic E-state index is 0.766. The van der Waals surface area contributed by atoms with Gasteiger partial charge in [-0.1, -0.05) is 19.1 Å². The first-order valence-electron chi connectivity index (χ1n) is 9.70. The van der Waals surface area contributed by atoms with E-state index in [2.05, 4.69) is 36.5 Å². The fraction of sp³-hybridized carbons (Fsp3) is 0.391. The highest BCUT2D eigenvalue weighted by Gasteiger charge is 2.23. The minimum atomic E-state index is 0.766. The van der Waals surface area contributed by atoms with Crippen molar-refractivity contribution in [1.82, 2.24) is 0 Å². The summed E-state index contributed by atoms with van der Waals surface area (Å²) in [5.74, 6) is 1.92. The average Bonchev–Trinajstić information content (AvgIpc) is 2.71. The van der Waals surface area contributed by atoms with Crippen molar-refractivity contribution in [2.24, 2.45) is 0 Å². The first kappa shape index (κ1) is 17.0. The Morgan fingerprint density at radius 2 is 1.88 bits per heavy atom. The molecule has 0 fully saturated rings. The smallest absolute Gasteiger partial charge is 0.143 e. The Morgan fingerprint density at radius 1 is 1.08 bits per heavy atom. The molecule has 3 heteroatoms. The summed E-state index contributed by atoms with van der Waals surface area (Å²) in [5, 5.41) is 3.64. The lowest BCUT2D eigenvalue weighted by Gasteiger charge is -2.28. The molecule has 0 aromatic heterocycles. The number of anilines is 1. The van der Waals surface area contributed by atoms with Crippen molar-refractivity contribution in [1.29, 1.82) is 0 Å². The lowest BCUT2D eigenvalue weighted by atomic mass is 9.84. The van der Waals surface area contributed by atoms with Crippen LogP contribution in [0, 0.1) is 0 Å². The van der Waals surface area contributed by atoms with Crippen molar-refractivity contribution in [2.45, 2.75) is 39.0 Å². The third-order valence-electron chi connectivity index (χ3n) is 5.35. The first-order valence-corrected chi connectivity index (χ1v) is 9.70. The molecule has 0 atom stereocenters. The molecule has 1 heterocycles. The number of ether oxygens (including phenoxy) is 2. The van der Waals surface area contributed by atoms with Crippen molar-refractivity contribution in [3.63, 3.8) is 0 Å². The highest BCUT2D eigenvalue weighted by molar-refractivity contribution is 5.93. The standard InChI is InChI=1S/C23H27NO2/c1-3-12-26-22-14-17-6-4-5-7-20(17)21-13-18(15-24-23(21)22)16-8-10-19(25-2)11-9-16/h8-11,13-14,24H,3-7,12,15H2,1-2H3. The van der Waals surface area contributed by atoms with Crippen LogP contribution >= 0.6 is 0 Å². The van der Waals surface area contributed by atoms with E-state index < -0.39 is 0 Å². The number of rotatable bonds is 5. The molecule has 2 aromatic rings. The Hall–Kier alpha value is -2.42. The molecule has 2 aromatic carbocycles. The van der Waals surface area contributed by atoms with Gasteiger partial charge in [0.25, 0.3) is 0 Å². The Labute approximate surface area is 156 Å². The second-order valence-corrected chi connectivity index (χ2v) is 7.11. The number of aryl methyl sites for hydroxylation is 1. The van der Waals surface area contributed by atoms with Crippen LogP contribution in [0.4, 0.5) is 5.69 Å². The van der Waals surface area contributed by atoms with Crippen LogP contribution in [0.1, 0.15) is 48.4 Å². The first-order chi connectivity index (χ1) is 12.8. The van der Waals surface area contributed by atoms with E-state index in [1.165, 1.54) is 52.8 Å². The van der Waals surface area contributed by atoms with Crippen LogP contribution in [0.2, 0.25) is 0 Å². The second kappa shape index (κ2) is 7.45. The van der Waals surface area contributed by atoms with Crippen LogP contribution in [0.25, 0.3) is 11.6 Å². The topological polar surface area (TPSA) is 30.5 Å². The van der Waals surface area contributed by atoms with Gasteiger partial charge in [0, 0.05) is 12.1 Å². The van der Waals surface area contributed by atoms with E-state index in [0.29, 0.717) is 0 Å². The molecule has 0 saturated carbocycles. The van der Waals surface area contributed by atoms with Gasteiger partial charge in [0.1, 0.15) is 11.5 Å². The molecular weight excluding hydrogens is 322 g/mol. The summed E-state index contributed by atoms with van der Waals surface area (Å²) in [6.45, 7) is 3.74. The van der Waals surface area contributed by atoms with Gasteiger partial charge in [0.05, 0.1) is 19.4 Å². The third-order valence-corrected chi connectivity index (χ3v) is 5.35. The van der Waals surface area contributed by atoms with Crippen LogP contribution < -0.4 is 14.8 Å². The average molecular weight is 349 g/mol. The fourth-order valence-electron chi connectivity index (χ4n) is 3.98. The van der Waals surface area contributed by atoms with E-state index in [9.17, 15) is 0 Å². The molecule has 1 N–H and O–H groups in total. The van der Waals surface area contributed by atoms with E-state index in [-0.39, 0.29) is 0 Å². The maximum atomic E-state index is 6.08. The molecule has 136 valence electrons. The largest absolute Gasteiger partial charge is 0.497 e. The molecule has 1 aliphatic carbocycles. The van der Waals surface area contributed by atoms with Gasteiger partial charge in [-0.05, 0) is 78.6 Å². The zero-order valence-electron chi connectivity index (χ0n) is 15.7. The van der Waals surface area contributed by atoms with Crippen LogP contribution in [-0.4, -0.2) is 20.3 Å². The quantitative estimate of drug-likeness (QED) is 0.791. The fourth-order valence-corrected chi connectivity index (χ4v) is 3.98. The number of fused-ring (bicyclic) bond motifs is 3. The SMILES string of the molecule is CCCOc1cc2c(c3c1NCC(c1ccc(OC)cc1)=C3)CCCC2. The monoisotopic (exact) mass is 349 g/mol. The number of nitrogens with one attached hydrogen (secondary N) is 1. The summed E-state index contributed by atoms with van der Waals surface area (Å²) in [4.78, 5) is 0. The van der Waals surface area contributed by atoms with Crippen LogP contribution in [-0.2, 0) is 12.8 Å². The number of hydrogen-bond acceptors (Lipinski definition) is 3. The maximum absolute atomic E-state index is 6.08. The van der Waals surface area contributed by atoms with Gasteiger partial charge in [0.2, 0.25) is 0 Å². The zero-order valence-corrected chi connectivity index (χ0v) is 15.7. The van der Waals surface area contributed by atoms with Gasteiger partial charge in [-0.15, -0.1) is 0 Å². The maximum Gasteiger partial charge on any atom is 0.143 e. The molecule has 0 spiro atoms. The molecular formula is C23H27NO2. The lowest BCUT2D eigenvalue weighted by Crippen LogP contribution is -2.16. The highest BCUT2D eigenvalue weighted by atomic mass is 16.5. The van der Waals surface area contributed by atoms with Crippen molar-refractivity contribution >= 4 is 17.3 Å². The third kappa shape index (κ3) is 3.18. The van der Waals surface area contributed by atoms with Gasteiger partial charge < -0.3 is 14.8 Å². The van der Waals surface area contributed by atoms with E-state index in [0.717, 1.165) is 37.5 Å². The van der Waals surface area contributed by atoms with Crippen molar-refractivity contribution in [3.8, 4) is 11.5 Å². The Kier molecular flexibility index (Phi) is 4.87. The van der Waals surface area contributed by atoms with Gasteiger partial charge in [-0.25, -0.2) is 0 Å². The molecule has 3 nitrogen and oxygen atoms in total. The minimum Gasteiger partial charge on any atom is -0.497 e. The summed E-state index contributed by atoms with van der Waals surface area (Å²) in [6.07, 6.45) is 8.29. The van der Waals surface area contributed by atoms with Crippen LogP contribution in [0.15, 0.2) is 30.3 Å². The van der Waals surface area contributed by atoms with Gasteiger partial charge in [0.15, 0.2) is 0 Å². The molecule has 0 radical (unpaired) electrons. The molecule has 4 rings (SSSR count). The predicted octanol–water partition coefficient (Wildman–Crippen LogP) is 5.33. The summed E-state index contributed by atoms with van der Waals surface area (Å²) >= 11 is 0. The summed E-state index contributed by atoms with van der Waals surface area (Å²) in [5.41, 5.74) is 8.05. The van der Waals surface area contributed by atoms with Gasteiger partial charge >= 0.3 is 0 Å². The predicted molar refractivity (Wildman–Crippen MR) is 108 cm³/mol. The normalized spacial score (nSPS) is 15.4. The van der Waals surface area contributed by atoms with Gasteiger partial charge in [-0.3, -0.25) is 0 Å². The summed E-state index contributed by atoms with van der Waals surface area (Å²) in [7, 11) is 1.71. The molecule has 1 aliphatic heterocycles. The second-order valence-electron chi connectivity index (χ2n) is 7.11. The van der Waals surface area contributed by atoms with E-state index >= 15 is 0 Å². The van der Waals surface area contributed by atoms with Crippen molar-refractivity contribution in [2.75, 3.05) is 25.6 Å². The summed E-state index contributed by atoms with van der Waals surface area (Å²) < 4.78 is 11.4. The van der Waals surface area contributed by atoms with E-state index in [1.807, 2.05) is 12.1 Å². The van der Waals surface area contributed by atoms with Crippen molar-refractivity contribution in [3.05, 3.63) is 52.6 Å². The molecule has 2 aliphatic rings. The number of benzene rings is 2. The van der Waals surface area contributed by atoms with Crippen LogP contribution in [0.5, 0.6) is 11.5 Å². The Balaban J connectivity index is 1.77. The Morgan fingerprint density at radius 3 is 2.65 bits per heavy atom. The molecule has 0 unspecified atom stereocenters. The number of methoxy groups -OCH3 is 1. The highest BCUT2D eigenvalue weighted by Crippen LogP contribution is 2.42. The van der Waals surface area contributed by atoms with Crippen LogP contribution in [0.3, 0.4) is 0 Å². The molecule has 0 saturated heterocycles. The lowest BCUT2D eigenvalue weighted by molar-refractivity contribution is 0.318. The van der Waals surface area contributed by atoms with E-state index in [1.54, 1.807) is 7.11 Å². The number of hydrogen-bond donors (Lipinski definition) is 1. The zero-order chi connectivity index (χ0) is 17.9. The molecule has 26 heavy (non-hydrogen) atoms. The molecule has 0 bridgehead atoms. The summed E-state index contributed by atoms with van der Waals surface area (Å²) in [6, 6.07) is 10.6. The van der Waals surface area contributed by atoms with E-state index in [4.69, 9.17) is 9.47 Å². The molecule has 0 amide bonds.